The summed E-state index contributed by atoms with van der Waals surface area (Å²) in [5, 5.41) is 11.1. The predicted molar refractivity (Wildman–Crippen MR) is 102 cm³/mol. The molecular formula is C22H34O5. The summed E-state index contributed by atoms with van der Waals surface area (Å²) in [5.74, 6) is -0.586. The molecule has 1 N–H and O–H groups in total. The Kier molecular flexibility index (Phi) is 5.32. The summed E-state index contributed by atoms with van der Waals surface area (Å²) in [6, 6.07) is 0. The van der Waals surface area contributed by atoms with Gasteiger partial charge in [-0.15, -0.1) is 0 Å². The molecule has 3 rings (SSSR count). The number of hydrogen-bond donors (Lipinski definition) is 1. The molecule has 0 spiro atoms. The van der Waals surface area contributed by atoms with Crippen molar-refractivity contribution in [2.45, 2.75) is 85.5 Å². The largest absolute Gasteiger partial charge is 0.450 e. The number of aliphatic hydroxyl groups is 1. The van der Waals surface area contributed by atoms with E-state index in [2.05, 4.69) is 13.8 Å². The average Bonchev–Trinajstić information content (AvgIpc) is 2.68. The van der Waals surface area contributed by atoms with Crippen molar-refractivity contribution in [3.05, 3.63) is 11.1 Å². The fourth-order valence-corrected chi connectivity index (χ4v) is 5.57. The maximum absolute atomic E-state index is 13.8. The third kappa shape index (κ3) is 3.27. The van der Waals surface area contributed by atoms with Crippen molar-refractivity contribution >= 4 is 11.8 Å². The summed E-state index contributed by atoms with van der Waals surface area (Å²) in [5.41, 5.74) is 1.09. The van der Waals surface area contributed by atoms with Crippen LogP contribution >= 0.6 is 0 Å². The van der Waals surface area contributed by atoms with E-state index in [1.54, 1.807) is 0 Å². The minimum atomic E-state index is -0.991. The van der Waals surface area contributed by atoms with E-state index in [0.717, 1.165) is 30.4 Å². The highest BCUT2D eigenvalue weighted by Gasteiger charge is 2.58. The van der Waals surface area contributed by atoms with Crippen molar-refractivity contribution in [1.82, 2.24) is 0 Å². The lowest BCUT2D eigenvalue weighted by molar-refractivity contribution is -0.164. The van der Waals surface area contributed by atoms with Gasteiger partial charge in [-0.1, -0.05) is 19.4 Å². The number of ketones is 1. The van der Waals surface area contributed by atoms with Gasteiger partial charge in [0.2, 0.25) is 0 Å². The second kappa shape index (κ2) is 7.00. The lowest BCUT2D eigenvalue weighted by Crippen LogP contribution is -2.56. The number of carbonyl (C=O) groups excluding carboxylic acids is 2. The molecule has 0 aromatic carbocycles. The van der Waals surface area contributed by atoms with E-state index in [9.17, 15) is 14.7 Å². The number of rotatable bonds is 1. The Labute approximate surface area is 162 Å². The highest BCUT2D eigenvalue weighted by Crippen LogP contribution is 2.56. The van der Waals surface area contributed by atoms with Crippen molar-refractivity contribution in [3.63, 3.8) is 0 Å². The first-order chi connectivity index (χ1) is 12.5. The lowest BCUT2D eigenvalue weighted by Gasteiger charge is -2.52. The summed E-state index contributed by atoms with van der Waals surface area (Å²) in [7, 11) is 0. The Morgan fingerprint density at radius 3 is 2.59 bits per heavy atom. The zero-order chi connectivity index (χ0) is 20.1. The van der Waals surface area contributed by atoms with Gasteiger partial charge in [-0.25, -0.2) is 0 Å². The van der Waals surface area contributed by atoms with Gasteiger partial charge in [0.05, 0.1) is 24.2 Å². The molecule has 1 aliphatic heterocycles. The molecule has 27 heavy (non-hydrogen) atoms. The molecule has 2 bridgehead atoms. The van der Waals surface area contributed by atoms with E-state index in [0.29, 0.717) is 13.0 Å². The second-order valence-electron chi connectivity index (χ2n) is 9.54. The SMILES string of the molecule is CC(=O)O[C@H]1C(=O)[C@@]2(C)C(CO[C@@H](C)C[C@@H]2O)C[C@]2(C)CCC(C)=C1[C@H]2C. The van der Waals surface area contributed by atoms with Crippen LogP contribution in [0.25, 0.3) is 0 Å². The van der Waals surface area contributed by atoms with E-state index >= 15 is 0 Å². The third-order valence-electron chi connectivity index (χ3n) is 7.80. The van der Waals surface area contributed by atoms with Gasteiger partial charge in [-0.05, 0) is 62.9 Å². The van der Waals surface area contributed by atoms with Crippen LogP contribution in [-0.4, -0.2) is 41.8 Å². The molecule has 1 saturated heterocycles. The smallest absolute Gasteiger partial charge is 0.303 e. The molecule has 152 valence electrons. The zero-order valence-corrected chi connectivity index (χ0v) is 17.5. The first-order valence-electron chi connectivity index (χ1n) is 10.2. The molecule has 2 fully saturated rings. The maximum Gasteiger partial charge on any atom is 0.303 e. The maximum atomic E-state index is 13.8. The van der Waals surface area contributed by atoms with Gasteiger partial charge >= 0.3 is 5.97 Å². The number of ether oxygens (including phenoxy) is 2. The van der Waals surface area contributed by atoms with E-state index in [1.807, 2.05) is 20.8 Å². The molecule has 5 nitrogen and oxygen atoms in total. The first-order valence-corrected chi connectivity index (χ1v) is 10.2. The molecule has 0 radical (unpaired) electrons. The van der Waals surface area contributed by atoms with Crippen LogP contribution in [0.15, 0.2) is 11.1 Å². The predicted octanol–water partition coefficient (Wildman–Crippen LogP) is 3.44. The van der Waals surface area contributed by atoms with Gasteiger partial charge in [0.25, 0.3) is 0 Å². The van der Waals surface area contributed by atoms with Crippen LogP contribution in [0.3, 0.4) is 0 Å². The molecule has 2 aliphatic carbocycles. The molecule has 1 saturated carbocycles. The Bertz CT molecular complexity index is 668. The van der Waals surface area contributed by atoms with Gasteiger partial charge in [-0.3, -0.25) is 9.59 Å². The highest BCUT2D eigenvalue weighted by atomic mass is 16.5. The molecule has 0 aromatic heterocycles. The van der Waals surface area contributed by atoms with Crippen LogP contribution in [-0.2, 0) is 19.1 Å². The molecule has 0 amide bonds. The van der Waals surface area contributed by atoms with Crippen molar-refractivity contribution in [1.29, 1.82) is 0 Å². The summed E-state index contributed by atoms with van der Waals surface area (Å²) >= 11 is 0. The van der Waals surface area contributed by atoms with Gasteiger partial charge < -0.3 is 14.6 Å². The summed E-state index contributed by atoms with van der Waals surface area (Å²) in [6.07, 6.45) is 1.35. The van der Waals surface area contributed by atoms with Crippen LogP contribution in [0.2, 0.25) is 0 Å². The minimum Gasteiger partial charge on any atom is -0.450 e. The van der Waals surface area contributed by atoms with Crippen LogP contribution in [0.1, 0.15) is 67.2 Å². The normalized spacial score (nSPS) is 45.4. The lowest BCUT2D eigenvalue weighted by atomic mass is 9.53. The van der Waals surface area contributed by atoms with Crippen LogP contribution < -0.4 is 0 Å². The van der Waals surface area contributed by atoms with Crippen LogP contribution in [0.4, 0.5) is 0 Å². The van der Waals surface area contributed by atoms with Gasteiger partial charge in [0.1, 0.15) is 0 Å². The van der Waals surface area contributed by atoms with Gasteiger partial charge in [0, 0.05) is 13.3 Å². The first kappa shape index (κ1) is 20.5. The van der Waals surface area contributed by atoms with E-state index in [4.69, 9.17) is 9.47 Å². The Morgan fingerprint density at radius 1 is 1.30 bits per heavy atom. The number of allylic oxidation sites excluding steroid dienone is 1. The number of esters is 1. The zero-order valence-electron chi connectivity index (χ0n) is 17.5. The topological polar surface area (TPSA) is 72.8 Å². The molecule has 3 aliphatic rings. The van der Waals surface area contributed by atoms with Crippen molar-refractivity contribution < 1.29 is 24.2 Å². The number of carbonyl (C=O) groups is 2. The fourth-order valence-electron chi connectivity index (χ4n) is 5.57. The van der Waals surface area contributed by atoms with Crippen molar-refractivity contribution in [2.24, 2.45) is 22.7 Å². The Balaban J connectivity index is 2.19. The van der Waals surface area contributed by atoms with Crippen molar-refractivity contribution in [2.75, 3.05) is 6.61 Å². The van der Waals surface area contributed by atoms with E-state index in [1.165, 1.54) is 6.92 Å². The Morgan fingerprint density at radius 2 is 1.96 bits per heavy atom. The number of hydrogen-bond acceptors (Lipinski definition) is 5. The molecule has 0 aromatic rings. The molecule has 5 heteroatoms. The number of fused-ring (bicyclic) bond motifs is 3. The van der Waals surface area contributed by atoms with Gasteiger partial charge in [-0.2, -0.15) is 0 Å². The van der Waals surface area contributed by atoms with E-state index < -0.39 is 23.6 Å². The minimum absolute atomic E-state index is 0.0173. The third-order valence-corrected chi connectivity index (χ3v) is 7.80. The summed E-state index contributed by atoms with van der Waals surface area (Å²) in [4.78, 5) is 25.7. The number of aliphatic hydroxyl groups excluding tert-OH is 1. The highest BCUT2D eigenvalue weighted by molar-refractivity contribution is 5.94. The second-order valence-corrected chi connectivity index (χ2v) is 9.54. The van der Waals surface area contributed by atoms with E-state index in [-0.39, 0.29) is 29.1 Å². The standard InChI is InChI=1S/C22H34O5/c1-12-7-8-21(5)10-16-11-26-13(2)9-17(24)22(16,6)20(25)19(27-15(4)23)18(12)14(21)3/h13-14,16-17,19,24H,7-11H2,1-6H3/t13-,14+,16?,17-,19+,21-,22-/m0/s1. The molecule has 1 heterocycles. The van der Waals surface area contributed by atoms with Crippen LogP contribution in [0.5, 0.6) is 0 Å². The monoisotopic (exact) mass is 378 g/mol. The Hall–Kier alpha value is -1.20. The van der Waals surface area contributed by atoms with Gasteiger partial charge in [0.15, 0.2) is 11.9 Å². The molecule has 7 atom stereocenters. The summed E-state index contributed by atoms with van der Waals surface area (Å²) in [6.45, 7) is 12.1. The quantitative estimate of drug-likeness (QED) is 0.559. The molecule has 1 unspecified atom stereocenters. The fraction of sp³-hybridized carbons (Fsp3) is 0.818. The van der Waals surface area contributed by atoms with Crippen molar-refractivity contribution in [3.8, 4) is 0 Å². The number of Topliss-reactive ketones (excluding diaryl/α,β-unsaturated/α-hetero) is 1. The summed E-state index contributed by atoms with van der Waals surface area (Å²) < 4.78 is 11.6. The van der Waals surface area contributed by atoms with Crippen LogP contribution in [0, 0.1) is 22.7 Å². The molecular weight excluding hydrogens is 344 g/mol. The average molecular weight is 379 g/mol.